The number of nitrogens with one attached hydrogen (secondary N) is 1. The fourth-order valence-corrected chi connectivity index (χ4v) is 4.00. The van der Waals surface area contributed by atoms with Crippen LogP contribution in [-0.4, -0.2) is 30.0 Å². The molecular formula is C18H18ClNO4S. The maximum atomic E-state index is 11.1. The normalized spacial score (nSPS) is 19.6. The molecule has 0 aliphatic carbocycles. The first-order valence-corrected chi connectivity index (χ1v) is 9.15. The molecule has 0 radical (unpaired) electrons. The van der Waals surface area contributed by atoms with Gasteiger partial charge in [0.2, 0.25) is 0 Å². The fraction of sp³-hybridized carbons (Fsp3) is 0.278. The Kier molecular flexibility index (Phi) is 5.73. The maximum Gasteiger partial charge on any atom is 0.321 e. The molecule has 0 unspecified atom stereocenters. The highest BCUT2D eigenvalue weighted by Gasteiger charge is 2.30. The molecule has 1 aliphatic rings. The number of thioether (sulfide) groups is 1. The van der Waals surface area contributed by atoms with Crippen molar-refractivity contribution in [3.63, 3.8) is 0 Å². The molecule has 7 heteroatoms. The first-order chi connectivity index (χ1) is 12.1. The van der Waals surface area contributed by atoms with Gasteiger partial charge in [-0.2, -0.15) is 0 Å². The number of aliphatic carboxylic acids is 1. The monoisotopic (exact) mass is 379 g/mol. The van der Waals surface area contributed by atoms with Crippen molar-refractivity contribution in [2.24, 2.45) is 0 Å². The first-order valence-electron chi connectivity index (χ1n) is 7.72. The third kappa shape index (κ3) is 4.39. The number of hydrogen-bond acceptors (Lipinski definition) is 5. The highest BCUT2D eigenvalue weighted by molar-refractivity contribution is 7.99. The molecule has 2 N–H and O–H groups in total. The zero-order chi connectivity index (χ0) is 17.8. The van der Waals surface area contributed by atoms with Gasteiger partial charge >= 0.3 is 5.97 Å². The van der Waals surface area contributed by atoms with Gasteiger partial charge in [-0.25, -0.2) is 0 Å². The molecule has 2 aromatic carbocycles. The Balaban J connectivity index is 1.75. The van der Waals surface area contributed by atoms with Crippen LogP contribution in [-0.2, 0) is 11.4 Å². The quantitative estimate of drug-likeness (QED) is 0.797. The molecule has 1 aliphatic heterocycles. The zero-order valence-electron chi connectivity index (χ0n) is 13.6. The van der Waals surface area contributed by atoms with Gasteiger partial charge in [0.15, 0.2) is 0 Å². The van der Waals surface area contributed by atoms with Crippen molar-refractivity contribution >= 4 is 29.3 Å². The summed E-state index contributed by atoms with van der Waals surface area (Å²) in [6.07, 6.45) is 0. The molecule has 1 heterocycles. The molecule has 2 aromatic rings. The summed E-state index contributed by atoms with van der Waals surface area (Å²) in [7, 11) is 1.61. The van der Waals surface area contributed by atoms with E-state index in [1.54, 1.807) is 31.0 Å². The van der Waals surface area contributed by atoms with Crippen LogP contribution in [0.2, 0.25) is 5.02 Å². The first kappa shape index (κ1) is 17.9. The molecule has 1 saturated heterocycles. The second kappa shape index (κ2) is 7.99. The van der Waals surface area contributed by atoms with Gasteiger partial charge in [0.05, 0.1) is 12.5 Å². The molecule has 2 atom stereocenters. The van der Waals surface area contributed by atoms with Gasteiger partial charge in [-0.15, -0.1) is 11.8 Å². The minimum atomic E-state index is -0.826. The summed E-state index contributed by atoms with van der Waals surface area (Å²) in [4.78, 5) is 11.1. The number of methoxy groups -OCH3 is 1. The van der Waals surface area contributed by atoms with E-state index in [9.17, 15) is 4.79 Å². The van der Waals surface area contributed by atoms with Crippen LogP contribution < -0.4 is 14.8 Å². The Morgan fingerprint density at radius 3 is 2.88 bits per heavy atom. The van der Waals surface area contributed by atoms with Gasteiger partial charge in [0.25, 0.3) is 0 Å². The van der Waals surface area contributed by atoms with Gasteiger partial charge in [-0.05, 0) is 35.9 Å². The summed E-state index contributed by atoms with van der Waals surface area (Å²) in [6, 6.07) is 12.5. The number of rotatable bonds is 6. The van der Waals surface area contributed by atoms with Gasteiger partial charge in [-0.1, -0.05) is 23.7 Å². The van der Waals surface area contributed by atoms with Crippen LogP contribution in [0.25, 0.3) is 0 Å². The molecule has 5 nitrogen and oxygen atoms in total. The minimum Gasteiger partial charge on any atom is -0.496 e. The molecule has 0 saturated carbocycles. The number of halogens is 1. The van der Waals surface area contributed by atoms with E-state index in [2.05, 4.69) is 5.32 Å². The highest BCUT2D eigenvalue weighted by atomic mass is 35.5. The summed E-state index contributed by atoms with van der Waals surface area (Å²) >= 11 is 7.55. The molecule has 0 aromatic heterocycles. The van der Waals surface area contributed by atoms with Crippen LogP contribution in [0.4, 0.5) is 0 Å². The van der Waals surface area contributed by atoms with Crippen LogP contribution in [0.1, 0.15) is 16.5 Å². The van der Waals surface area contributed by atoms with Crippen molar-refractivity contribution in [3.8, 4) is 11.5 Å². The Morgan fingerprint density at radius 1 is 1.36 bits per heavy atom. The van der Waals surface area contributed by atoms with E-state index in [0.29, 0.717) is 23.1 Å². The maximum absolute atomic E-state index is 11.1. The molecule has 3 rings (SSSR count). The number of benzene rings is 2. The molecule has 1 fully saturated rings. The summed E-state index contributed by atoms with van der Waals surface area (Å²) in [5, 5.41) is 12.8. The molecule has 25 heavy (non-hydrogen) atoms. The largest absolute Gasteiger partial charge is 0.496 e. The third-order valence-corrected chi connectivity index (χ3v) is 5.38. The van der Waals surface area contributed by atoms with E-state index in [-0.39, 0.29) is 5.37 Å². The van der Waals surface area contributed by atoms with Crippen molar-refractivity contribution in [3.05, 3.63) is 58.6 Å². The lowest BCUT2D eigenvalue weighted by Crippen LogP contribution is -2.33. The molecule has 0 spiro atoms. The van der Waals surface area contributed by atoms with Crippen LogP contribution in [0.5, 0.6) is 11.5 Å². The molecular weight excluding hydrogens is 362 g/mol. The van der Waals surface area contributed by atoms with Crippen molar-refractivity contribution < 1.29 is 19.4 Å². The average Bonchev–Trinajstić information content (AvgIpc) is 3.10. The Morgan fingerprint density at radius 2 is 2.20 bits per heavy atom. The second-order valence-corrected chi connectivity index (χ2v) is 7.16. The lowest BCUT2D eigenvalue weighted by atomic mass is 10.1. The minimum absolute atomic E-state index is 0.0584. The van der Waals surface area contributed by atoms with E-state index < -0.39 is 12.0 Å². The third-order valence-electron chi connectivity index (χ3n) is 3.88. The van der Waals surface area contributed by atoms with Gasteiger partial charge < -0.3 is 14.6 Å². The lowest BCUT2D eigenvalue weighted by Gasteiger charge is -2.16. The van der Waals surface area contributed by atoms with Crippen molar-refractivity contribution in [1.82, 2.24) is 5.32 Å². The lowest BCUT2D eigenvalue weighted by molar-refractivity contribution is -0.138. The smallest absolute Gasteiger partial charge is 0.321 e. The topological polar surface area (TPSA) is 67.8 Å². The van der Waals surface area contributed by atoms with Crippen molar-refractivity contribution in [2.75, 3.05) is 12.9 Å². The summed E-state index contributed by atoms with van der Waals surface area (Å²) in [5.74, 6) is 1.12. The standard InChI is InChI=1S/C18H18ClNO4S/c1-23-16-6-5-11(17-20-15(10-25-17)18(21)22)7-12(16)9-24-14-4-2-3-13(19)8-14/h2-8,15,17,20H,9-10H2,1H3,(H,21,22)/t15-,17+/m1/s1. The summed E-state index contributed by atoms with van der Waals surface area (Å²) < 4.78 is 11.2. The number of carboxylic acids is 1. The molecule has 0 bridgehead atoms. The molecule has 132 valence electrons. The zero-order valence-corrected chi connectivity index (χ0v) is 15.1. The van der Waals surface area contributed by atoms with Crippen LogP contribution in [0.3, 0.4) is 0 Å². The van der Waals surface area contributed by atoms with Crippen LogP contribution in [0.15, 0.2) is 42.5 Å². The number of hydrogen-bond donors (Lipinski definition) is 2. The van der Waals surface area contributed by atoms with E-state index in [0.717, 1.165) is 16.9 Å². The SMILES string of the molecule is COc1ccc([C@H]2N[C@@H](C(=O)O)CS2)cc1COc1cccc(Cl)c1. The number of ether oxygens (including phenoxy) is 2. The Hall–Kier alpha value is -1.89. The Bertz CT molecular complexity index is 770. The average molecular weight is 380 g/mol. The predicted molar refractivity (Wildman–Crippen MR) is 98.5 cm³/mol. The van der Waals surface area contributed by atoms with E-state index in [1.165, 1.54) is 0 Å². The van der Waals surface area contributed by atoms with Crippen molar-refractivity contribution in [1.29, 1.82) is 0 Å². The van der Waals surface area contributed by atoms with E-state index in [4.69, 9.17) is 26.2 Å². The van der Waals surface area contributed by atoms with Crippen molar-refractivity contribution in [2.45, 2.75) is 18.0 Å². The van der Waals surface area contributed by atoms with E-state index in [1.807, 2.05) is 30.3 Å². The highest BCUT2D eigenvalue weighted by Crippen LogP contribution is 2.35. The number of carbonyl (C=O) groups is 1. The van der Waals surface area contributed by atoms with Gasteiger partial charge in [-0.3, -0.25) is 10.1 Å². The van der Waals surface area contributed by atoms with Crippen LogP contribution >= 0.6 is 23.4 Å². The fourth-order valence-electron chi connectivity index (χ4n) is 2.60. The predicted octanol–water partition coefficient (Wildman–Crippen LogP) is 3.72. The van der Waals surface area contributed by atoms with E-state index >= 15 is 0 Å². The molecule has 0 amide bonds. The second-order valence-electron chi connectivity index (χ2n) is 5.59. The Labute approximate surface area is 155 Å². The summed E-state index contributed by atoms with van der Waals surface area (Å²) in [6.45, 7) is 0.330. The number of carboxylic acid groups (broad SMARTS) is 1. The van der Waals surface area contributed by atoms with Gasteiger partial charge in [0.1, 0.15) is 24.1 Å². The summed E-state index contributed by atoms with van der Waals surface area (Å²) in [5.41, 5.74) is 1.89. The van der Waals surface area contributed by atoms with Gasteiger partial charge in [0, 0.05) is 16.3 Å². The van der Waals surface area contributed by atoms with Crippen LogP contribution in [0, 0.1) is 0 Å².